The molecule has 38 heavy (non-hydrogen) atoms. The molecular weight excluding hydrogens is 510 g/mol. The maximum Gasteiger partial charge on any atom is 0.237 e. The second-order valence-electron chi connectivity index (χ2n) is 10.1. The quantitative estimate of drug-likeness (QED) is 0.256. The van der Waals surface area contributed by atoms with E-state index in [0.29, 0.717) is 6.04 Å². The maximum absolute atomic E-state index is 14.1. The normalized spacial score (nSPS) is 15.1. The van der Waals surface area contributed by atoms with Crippen LogP contribution < -0.4 is 10.1 Å². The van der Waals surface area contributed by atoms with E-state index in [0.717, 1.165) is 67.9 Å². The fourth-order valence-electron chi connectivity index (χ4n) is 5.53. The van der Waals surface area contributed by atoms with Gasteiger partial charge in [-0.05, 0) is 50.1 Å². The summed E-state index contributed by atoms with van der Waals surface area (Å²) in [6, 6.07) is 24.4. The lowest BCUT2D eigenvalue weighted by molar-refractivity contribution is -0.116. The molecular formula is C31H27N3O2S2. The van der Waals surface area contributed by atoms with Crippen molar-refractivity contribution in [3.63, 3.8) is 0 Å². The average molecular weight is 538 g/mol. The van der Waals surface area contributed by atoms with Gasteiger partial charge in [0.25, 0.3) is 0 Å². The number of nitrogens with zero attached hydrogens (tertiary/aromatic N) is 2. The van der Waals surface area contributed by atoms with E-state index in [1.807, 2.05) is 54.6 Å². The van der Waals surface area contributed by atoms with Crippen molar-refractivity contribution in [1.82, 2.24) is 9.88 Å². The van der Waals surface area contributed by atoms with E-state index in [9.17, 15) is 4.79 Å². The van der Waals surface area contributed by atoms with Gasteiger partial charge in [-0.2, -0.15) is 0 Å². The van der Waals surface area contributed by atoms with Gasteiger partial charge in [-0.1, -0.05) is 48.5 Å². The Hall–Kier alpha value is -3.52. The number of thiophene rings is 1. The van der Waals surface area contributed by atoms with Crippen LogP contribution in [-0.4, -0.2) is 28.4 Å². The molecule has 5 aromatic rings. The minimum absolute atomic E-state index is 0.0464. The number of nitrogens with one attached hydrogen (secondary N) is 1. The maximum atomic E-state index is 14.1. The van der Waals surface area contributed by atoms with Crippen molar-refractivity contribution in [3.8, 4) is 22.1 Å². The van der Waals surface area contributed by atoms with Gasteiger partial charge >= 0.3 is 0 Å². The van der Waals surface area contributed by atoms with Gasteiger partial charge in [-0.3, -0.25) is 9.69 Å². The summed E-state index contributed by atoms with van der Waals surface area (Å²) in [7, 11) is 0. The Kier molecular flexibility index (Phi) is 5.80. The van der Waals surface area contributed by atoms with Crippen LogP contribution in [0.4, 0.5) is 5.00 Å². The third-order valence-corrected chi connectivity index (χ3v) is 9.69. The SMILES string of the molecule is CC(C)N1CCc2c(sc(NC(=O)C3c4ccccc4Oc4ccccc43)c2-c2nc3ccccc3s2)C1. The van der Waals surface area contributed by atoms with Gasteiger partial charge < -0.3 is 10.1 Å². The first-order chi connectivity index (χ1) is 18.6. The Morgan fingerprint density at radius 2 is 1.66 bits per heavy atom. The molecule has 0 fully saturated rings. The van der Waals surface area contributed by atoms with E-state index in [4.69, 9.17) is 9.72 Å². The molecule has 0 saturated carbocycles. The number of fused-ring (bicyclic) bond motifs is 4. The number of anilines is 1. The average Bonchev–Trinajstić information content (AvgIpc) is 3.51. The number of amides is 1. The highest BCUT2D eigenvalue weighted by Gasteiger charge is 2.34. The van der Waals surface area contributed by atoms with E-state index in [-0.39, 0.29) is 5.91 Å². The van der Waals surface area contributed by atoms with Crippen molar-refractivity contribution >= 4 is 43.8 Å². The molecule has 0 atom stereocenters. The largest absolute Gasteiger partial charge is 0.457 e. The van der Waals surface area contributed by atoms with E-state index < -0.39 is 5.92 Å². The van der Waals surface area contributed by atoms with Crippen LogP contribution in [-0.2, 0) is 17.8 Å². The van der Waals surface area contributed by atoms with Gasteiger partial charge in [0, 0.05) is 40.7 Å². The van der Waals surface area contributed by atoms with Crippen molar-refractivity contribution in [2.24, 2.45) is 0 Å². The molecule has 0 saturated heterocycles. The molecule has 1 amide bonds. The highest BCUT2D eigenvalue weighted by Crippen LogP contribution is 2.48. The Labute approximate surface area is 229 Å². The summed E-state index contributed by atoms with van der Waals surface area (Å²) in [5.74, 6) is 0.965. The third-order valence-electron chi connectivity index (χ3n) is 7.50. The van der Waals surface area contributed by atoms with Crippen LogP contribution in [0, 0.1) is 0 Å². The van der Waals surface area contributed by atoms with Crippen molar-refractivity contribution in [3.05, 3.63) is 94.4 Å². The number of ether oxygens (including phenoxy) is 1. The molecule has 0 unspecified atom stereocenters. The molecule has 0 bridgehead atoms. The Balaban J connectivity index is 1.33. The zero-order valence-corrected chi connectivity index (χ0v) is 22.9. The van der Waals surface area contributed by atoms with Crippen LogP contribution >= 0.6 is 22.7 Å². The molecule has 2 aromatic heterocycles. The molecule has 7 heteroatoms. The lowest BCUT2D eigenvalue weighted by Crippen LogP contribution is -2.35. The van der Waals surface area contributed by atoms with Crippen LogP contribution in [0.1, 0.15) is 41.3 Å². The summed E-state index contributed by atoms with van der Waals surface area (Å²) in [6.45, 7) is 6.40. The minimum Gasteiger partial charge on any atom is -0.457 e. The molecule has 5 nitrogen and oxygen atoms in total. The fourth-order valence-corrected chi connectivity index (χ4v) is 7.92. The number of rotatable bonds is 4. The molecule has 7 rings (SSSR count). The van der Waals surface area contributed by atoms with Gasteiger partial charge in [-0.15, -0.1) is 22.7 Å². The second-order valence-corrected chi connectivity index (χ2v) is 12.2. The number of benzene rings is 3. The van der Waals surface area contributed by atoms with E-state index in [1.165, 1.54) is 10.4 Å². The number of aromatic nitrogens is 1. The lowest BCUT2D eigenvalue weighted by atomic mass is 9.87. The number of para-hydroxylation sites is 3. The molecule has 0 spiro atoms. The zero-order valence-electron chi connectivity index (χ0n) is 21.2. The first kappa shape index (κ1) is 23.6. The Morgan fingerprint density at radius 3 is 2.37 bits per heavy atom. The van der Waals surface area contributed by atoms with Gasteiger partial charge in [0.2, 0.25) is 5.91 Å². The van der Waals surface area contributed by atoms with Gasteiger partial charge in [0.05, 0.1) is 16.1 Å². The molecule has 3 aromatic carbocycles. The van der Waals surface area contributed by atoms with E-state index in [1.54, 1.807) is 22.7 Å². The summed E-state index contributed by atoms with van der Waals surface area (Å²) < 4.78 is 7.30. The number of hydrogen-bond donors (Lipinski definition) is 1. The summed E-state index contributed by atoms with van der Waals surface area (Å²) in [5, 5.41) is 5.25. The summed E-state index contributed by atoms with van der Waals surface area (Å²) in [5.41, 5.74) is 5.19. The van der Waals surface area contributed by atoms with E-state index in [2.05, 4.69) is 42.3 Å². The van der Waals surface area contributed by atoms with Crippen LogP contribution in [0.3, 0.4) is 0 Å². The monoisotopic (exact) mass is 537 g/mol. The molecule has 2 aliphatic rings. The lowest BCUT2D eigenvalue weighted by Gasteiger charge is -2.30. The number of carbonyl (C=O) groups excluding carboxylic acids is 1. The van der Waals surface area contributed by atoms with Crippen LogP contribution in [0.5, 0.6) is 11.5 Å². The van der Waals surface area contributed by atoms with Gasteiger partial charge in [0.1, 0.15) is 21.5 Å². The third kappa shape index (κ3) is 3.93. The standard InChI is InChI=1S/C31H27N3O2S2/c1-18(2)34-16-15-21-26(17-34)38-31(28(21)30-32-22-11-5-8-14-25(22)37-30)33-29(35)27-19-9-3-6-12-23(19)36-24-13-7-4-10-20(24)27/h3-14,18,27H,15-17H2,1-2H3,(H,33,35). The predicted octanol–water partition coefficient (Wildman–Crippen LogP) is 7.67. The Bertz CT molecular complexity index is 1610. The molecule has 190 valence electrons. The van der Waals surface area contributed by atoms with Gasteiger partial charge in [-0.25, -0.2) is 4.98 Å². The summed E-state index contributed by atoms with van der Waals surface area (Å²) in [4.78, 5) is 23.0. The molecule has 0 radical (unpaired) electrons. The van der Waals surface area contributed by atoms with Gasteiger partial charge in [0.15, 0.2) is 0 Å². The second kappa shape index (κ2) is 9.34. The Morgan fingerprint density at radius 1 is 0.974 bits per heavy atom. The van der Waals surface area contributed by atoms with Crippen LogP contribution in [0.15, 0.2) is 72.8 Å². The first-order valence-electron chi connectivity index (χ1n) is 13.0. The number of carbonyl (C=O) groups is 1. The van der Waals surface area contributed by atoms with Crippen molar-refractivity contribution in [2.75, 3.05) is 11.9 Å². The van der Waals surface area contributed by atoms with Crippen molar-refractivity contribution in [2.45, 2.75) is 38.8 Å². The van der Waals surface area contributed by atoms with E-state index >= 15 is 0 Å². The summed E-state index contributed by atoms with van der Waals surface area (Å²) >= 11 is 3.40. The van der Waals surface area contributed by atoms with Crippen LogP contribution in [0.25, 0.3) is 20.8 Å². The number of thiazole rings is 1. The molecule has 4 heterocycles. The topological polar surface area (TPSA) is 54.5 Å². The molecule has 1 N–H and O–H groups in total. The fraction of sp³-hybridized carbons (Fsp3) is 0.226. The summed E-state index contributed by atoms with van der Waals surface area (Å²) in [6.07, 6.45) is 0.952. The molecule has 2 aliphatic heterocycles. The smallest absolute Gasteiger partial charge is 0.237 e. The minimum atomic E-state index is -0.453. The van der Waals surface area contributed by atoms with Crippen molar-refractivity contribution in [1.29, 1.82) is 0 Å². The number of hydrogen-bond acceptors (Lipinski definition) is 6. The highest BCUT2D eigenvalue weighted by molar-refractivity contribution is 7.23. The predicted molar refractivity (Wildman–Crippen MR) is 156 cm³/mol. The highest BCUT2D eigenvalue weighted by atomic mass is 32.1. The zero-order chi connectivity index (χ0) is 25.8. The molecule has 0 aliphatic carbocycles. The van der Waals surface area contributed by atoms with Crippen LogP contribution in [0.2, 0.25) is 0 Å². The first-order valence-corrected chi connectivity index (χ1v) is 14.6. The van der Waals surface area contributed by atoms with Crippen molar-refractivity contribution < 1.29 is 9.53 Å².